The third-order valence-corrected chi connectivity index (χ3v) is 0.331. The Hall–Kier alpha value is -1.12. The molecule has 8 heavy (non-hydrogen) atoms. The Morgan fingerprint density at radius 3 is 2.00 bits per heavy atom. The van der Waals surface area contributed by atoms with E-state index in [2.05, 4.69) is 22.0 Å². The van der Waals surface area contributed by atoms with Crippen LogP contribution < -0.4 is 0 Å². The molecule has 0 saturated heterocycles. The second kappa shape index (κ2) is 5.88. The topological polar surface area (TPSA) is 41.6 Å². The van der Waals surface area contributed by atoms with Gasteiger partial charge in [0.15, 0.2) is 0 Å². The highest BCUT2D eigenvalue weighted by molar-refractivity contribution is 4.54. The van der Waals surface area contributed by atoms with E-state index in [0.29, 0.717) is 0 Å². The van der Waals surface area contributed by atoms with Gasteiger partial charge in [0, 0.05) is 0 Å². The molecule has 0 spiro atoms. The molecule has 0 aliphatic carbocycles. The molecule has 1 rings (SSSR count). The lowest BCUT2D eigenvalue weighted by molar-refractivity contribution is 0.940. The van der Waals surface area contributed by atoms with Gasteiger partial charge in [0.1, 0.15) is 0 Å². The Kier molecular flexibility index (Phi) is 5.06. The molecule has 1 aromatic heterocycles. The molecule has 0 unspecified atom stereocenters. The average molecular weight is 111 g/mol. The first-order valence-corrected chi connectivity index (χ1v) is 2.28. The first kappa shape index (κ1) is 6.88. The molecule has 0 bridgehead atoms. The molecule has 0 fully saturated rings. The quantitative estimate of drug-likeness (QED) is 0.507. The summed E-state index contributed by atoms with van der Waals surface area (Å²) in [5, 5.41) is 9.33. The van der Waals surface area contributed by atoms with Crippen LogP contribution in [0.15, 0.2) is 25.0 Å². The number of aromatic nitrogens is 3. The van der Waals surface area contributed by atoms with Crippen molar-refractivity contribution in [1.82, 2.24) is 15.4 Å². The summed E-state index contributed by atoms with van der Waals surface area (Å²) < 4.78 is 0. The Balaban J connectivity index is 0.000000145. The first-order valence-electron chi connectivity index (χ1n) is 2.28. The maximum atomic E-state index is 3.49. The lowest BCUT2D eigenvalue weighted by Crippen LogP contribution is -1.61. The number of nitrogens with zero attached hydrogens (tertiary/aromatic N) is 2. The van der Waals surface area contributed by atoms with E-state index in [1.807, 2.05) is 6.92 Å². The molecular weight excluding hydrogens is 102 g/mol. The van der Waals surface area contributed by atoms with Gasteiger partial charge >= 0.3 is 0 Å². The van der Waals surface area contributed by atoms with E-state index in [-0.39, 0.29) is 0 Å². The first-order chi connectivity index (χ1) is 3.91. The average Bonchev–Trinajstić information content (AvgIpc) is 2.17. The maximum absolute atomic E-state index is 3.49. The number of hydrogen-bond donors (Lipinski definition) is 1. The van der Waals surface area contributed by atoms with Crippen LogP contribution in [0.2, 0.25) is 0 Å². The summed E-state index contributed by atoms with van der Waals surface area (Å²) in [5.41, 5.74) is 0. The van der Waals surface area contributed by atoms with E-state index in [1.54, 1.807) is 18.5 Å². The second-order valence-corrected chi connectivity index (χ2v) is 1.06. The van der Waals surface area contributed by atoms with Crippen LogP contribution in [0.5, 0.6) is 0 Å². The molecule has 3 nitrogen and oxygen atoms in total. The highest BCUT2D eigenvalue weighted by Gasteiger charge is 1.57. The fraction of sp³-hybridized carbons (Fsp3) is 0.200. The number of H-pyrrole nitrogens is 1. The zero-order chi connectivity index (χ0) is 6.24. The van der Waals surface area contributed by atoms with Crippen LogP contribution in [-0.4, -0.2) is 15.4 Å². The van der Waals surface area contributed by atoms with Crippen molar-refractivity contribution in [3.05, 3.63) is 25.0 Å². The fourth-order valence-electron chi connectivity index (χ4n) is 0.167. The lowest BCUT2D eigenvalue weighted by atomic mass is 10.8. The molecule has 0 aromatic carbocycles. The van der Waals surface area contributed by atoms with E-state index in [0.717, 1.165) is 0 Å². The van der Waals surface area contributed by atoms with Gasteiger partial charge in [-0.2, -0.15) is 15.4 Å². The van der Waals surface area contributed by atoms with Crippen LogP contribution in [0.1, 0.15) is 6.92 Å². The smallest absolute Gasteiger partial charge is 0.0690 e. The standard InChI is InChI=1S/C3H6.C2H3N3/c1-3-2;1-2-4-5-3-1/h3H,1H2,2H3;1-2H,(H,3,4,5). The van der Waals surface area contributed by atoms with Gasteiger partial charge < -0.3 is 0 Å². The van der Waals surface area contributed by atoms with E-state index >= 15 is 0 Å². The van der Waals surface area contributed by atoms with Crippen molar-refractivity contribution in [2.45, 2.75) is 6.92 Å². The summed E-state index contributed by atoms with van der Waals surface area (Å²) in [6.07, 6.45) is 4.92. The molecular formula is C5H9N3. The Morgan fingerprint density at radius 1 is 1.50 bits per heavy atom. The van der Waals surface area contributed by atoms with E-state index in [4.69, 9.17) is 0 Å². The summed E-state index contributed by atoms with van der Waals surface area (Å²) in [4.78, 5) is 0. The van der Waals surface area contributed by atoms with Crippen LogP contribution in [0.25, 0.3) is 0 Å². The van der Waals surface area contributed by atoms with Gasteiger partial charge in [-0.1, -0.05) is 6.08 Å². The fourth-order valence-corrected chi connectivity index (χ4v) is 0.167. The highest BCUT2D eigenvalue weighted by atomic mass is 15.3. The Bertz CT molecular complexity index is 94.0. The summed E-state index contributed by atoms with van der Waals surface area (Å²) in [6, 6.07) is 0. The van der Waals surface area contributed by atoms with Crippen molar-refractivity contribution in [3.63, 3.8) is 0 Å². The molecule has 44 valence electrons. The Morgan fingerprint density at radius 2 is 1.88 bits per heavy atom. The van der Waals surface area contributed by atoms with Gasteiger partial charge in [-0.05, 0) is 6.92 Å². The normalized spacial score (nSPS) is 6.62. The minimum Gasteiger partial charge on any atom is -0.198 e. The number of allylic oxidation sites excluding steroid dienone is 1. The molecule has 3 heteroatoms. The third-order valence-electron chi connectivity index (χ3n) is 0.331. The van der Waals surface area contributed by atoms with Gasteiger partial charge in [0.25, 0.3) is 0 Å². The van der Waals surface area contributed by atoms with Gasteiger partial charge in [0.05, 0.1) is 12.4 Å². The van der Waals surface area contributed by atoms with Crippen LogP contribution in [-0.2, 0) is 0 Å². The van der Waals surface area contributed by atoms with Crippen molar-refractivity contribution in [2.24, 2.45) is 0 Å². The van der Waals surface area contributed by atoms with Crippen molar-refractivity contribution < 1.29 is 0 Å². The minimum absolute atomic E-state index is 1.58. The van der Waals surface area contributed by atoms with Crippen LogP contribution in [0.3, 0.4) is 0 Å². The molecule has 1 N–H and O–H groups in total. The zero-order valence-electron chi connectivity index (χ0n) is 4.83. The van der Waals surface area contributed by atoms with Gasteiger partial charge in [0.2, 0.25) is 0 Å². The summed E-state index contributed by atoms with van der Waals surface area (Å²) >= 11 is 0. The minimum atomic E-state index is 1.58. The monoisotopic (exact) mass is 111 g/mol. The van der Waals surface area contributed by atoms with E-state index < -0.39 is 0 Å². The second-order valence-electron chi connectivity index (χ2n) is 1.06. The Labute approximate surface area is 48.4 Å². The maximum Gasteiger partial charge on any atom is 0.0690 e. The van der Waals surface area contributed by atoms with Crippen LogP contribution in [0, 0.1) is 0 Å². The van der Waals surface area contributed by atoms with Gasteiger partial charge in [-0.3, -0.25) is 0 Å². The zero-order valence-corrected chi connectivity index (χ0v) is 4.83. The third kappa shape index (κ3) is 4.88. The molecule has 0 saturated carbocycles. The van der Waals surface area contributed by atoms with Gasteiger partial charge in [-0.15, -0.1) is 6.58 Å². The summed E-state index contributed by atoms with van der Waals surface area (Å²) in [7, 11) is 0. The van der Waals surface area contributed by atoms with E-state index in [1.165, 1.54) is 0 Å². The molecule has 0 aliphatic heterocycles. The lowest BCUT2D eigenvalue weighted by Gasteiger charge is -1.48. The predicted octanol–water partition coefficient (Wildman–Crippen LogP) is 0.997. The molecule has 0 radical (unpaired) electrons. The summed E-state index contributed by atoms with van der Waals surface area (Å²) in [5.74, 6) is 0. The van der Waals surface area contributed by atoms with Gasteiger partial charge in [-0.25, -0.2) is 0 Å². The largest absolute Gasteiger partial charge is 0.198 e. The molecule has 0 aliphatic rings. The predicted molar refractivity (Wildman–Crippen MR) is 32.3 cm³/mol. The highest BCUT2D eigenvalue weighted by Crippen LogP contribution is 1.55. The van der Waals surface area contributed by atoms with Crippen molar-refractivity contribution >= 4 is 0 Å². The van der Waals surface area contributed by atoms with Crippen molar-refractivity contribution in [1.29, 1.82) is 0 Å². The molecule has 1 aromatic rings. The number of aromatic amines is 1. The summed E-state index contributed by atoms with van der Waals surface area (Å²) in [6.45, 7) is 5.25. The SMILES string of the molecule is C=CC.c1cn[nH]n1. The number of nitrogens with one attached hydrogen (secondary N) is 1. The molecule has 0 atom stereocenters. The van der Waals surface area contributed by atoms with Crippen molar-refractivity contribution in [3.8, 4) is 0 Å². The molecule has 1 heterocycles. The van der Waals surface area contributed by atoms with E-state index in [9.17, 15) is 0 Å². The number of rotatable bonds is 0. The van der Waals surface area contributed by atoms with Crippen LogP contribution >= 0.6 is 0 Å². The molecule has 0 amide bonds. The van der Waals surface area contributed by atoms with Crippen molar-refractivity contribution in [2.75, 3.05) is 0 Å². The van der Waals surface area contributed by atoms with Crippen LogP contribution in [0.4, 0.5) is 0 Å². The number of hydrogen-bond acceptors (Lipinski definition) is 2.